The molecular weight excluding hydrogens is 266 g/mol. The Morgan fingerprint density at radius 1 is 1.38 bits per heavy atom. The fourth-order valence-corrected chi connectivity index (χ4v) is 2.59. The zero-order chi connectivity index (χ0) is 15.6. The largest absolute Gasteiger partial charge is 0.465 e. The minimum atomic E-state index is -0.333. The minimum Gasteiger partial charge on any atom is -0.465 e. The van der Waals surface area contributed by atoms with Crippen LogP contribution in [0.25, 0.3) is 0 Å². The monoisotopic (exact) mass is 287 g/mol. The molecule has 5 nitrogen and oxygen atoms in total. The van der Waals surface area contributed by atoms with Gasteiger partial charge in [-0.1, -0.05) is 6.07 Å². The molecule has 1 atom stereocenters. The maximum absolute atomic E-state index is 11.6. The number of esters is 1. The smallest absolute Gasteiger partial charge is 0.337 e. The highest BCUT2D eigenvalue weighted by Crippen LogP contribution is 2.25. The van der Waals surface area contributed by atoms with Gasteiger partial charge in [-0.2, -0.15) is 5.10 Å². The van der Waals surface area contributed by atoms with Crippen LogP contribution in [-0.2, 0) is 11.8 Å². The molecule has 5 heteroatoms. The first-order chi connectivity index (χ1) is 9.93. The lowest BCUT2D eigenvalue weighted by Crippen LogP contribution is -2.10. The van der Waals surface area contributed by atoms with Crippen molar-refractivity contribution in [2.45, 2.75) is 26.8 Å². The fourth-order valence-electron chi connectivity index (χ4n) is 2.59. The van der Waals surface area contributed by atoms with Gasteiger partial charge in [-0.05, 0) is 39.0 Å². The number of nitrogens with zero attached hydrogens (tertiary/aromatic N) is 2. The highest BCUT2D eigenvalue weighted by atomic mass is 16.5. The number of hydrogen-bond donors (Lipinski definition) is 1. The van der Waals surface area contributed by atoms with Crippen molar-refractivity contribution < 1.29 is 9.53 Å². The van der Waals surface area contributed by atoms with E-state index in [0.29, 0.717) is 5.56 Å². The molecule has 0 aliphatic carbocycles. The Morgan fingerprint density at radius 3 is 2.67 bits per heavy atom. The van der Waals surface area contributed by atoms with E-state index in [0.717, 1.165) is 17.1 Å². The summed E-state index contributed by atoms with van der Waals surface area (Å²) in [5, 5.41) is 7.85. The predicted octanol–water partition coefficient (Wildman–Crippen LogP) is 3.00. The Bertz CT molecular complexity index is 662. The fraction of sp³-hybridized carbons (Fsp3) is 0.375. The molecule has 21 heavy (non-hydrogen) atoms. The summed E-state index contributed by atoms with van der Waals surface area (Å²) in [6.07, 6.45) is 0. The van der Waals surface area contributed by atoms with E-state index in [1.165, 1.54) is 12.7 Å². The van der Waals surface area contributed by atoms with Crippen molar-refractivity contribution in [2.24, 2.45) is 7.05 Å². The summed E-state index contributed by atoms with van der Waals surface area (Å²) in [5.74, 6) is -0.333. The lowest BCUT2D eigenvalue weighted by atomic mass is 10.1. The van der Waals surface area contributed by atoms with Crippen molar-refractivity contribution in [3.8, 4) is 0 Å². The standard InChI is InChI=1S/C16H21N3O2/c1-10(15-11(2)18-19(4)12(15)3)17-14-8-6-7-13(9-14)16(20)21-5/h6-10,17H,1-5H3. The Labute approximate surface area is 124 Å². The van der Waals surface area contributed by atoms with Crippen molar-refractivity contribution in [3.63, 3.8) is 0 Å². The number of benzene rings is 1. The summed E-state index contributed by atoms with van der Waals surface area (Å²) in [5.41, 5.74) is 4.75. The highest BCUT2D eigenvalue weighted by Gasteiger charge is 2.16. The first kappa shape index (κ1) is 15.1. The van der Waals surface area contributed by atoms with Gasteiger partial charge in [-0.15, -0.1) is 0 Å². The van der Waals surface area contributed by atoms with E-state index < -0.39 is 0 Å². The molecule has 0 bridgehead atoms. The van der Waals surface area contributed by atoms with Gasteiger partial charge in [0.2, 0.25) is 0 Å². The van der Waals surface area contributed by atoms with Crippen molar-refractivity contribution in [3.05, 3.63) is 46.8 Å². The molecular formula is C16H21N3O2. The van der Waals surface area contributed by atoms with Gasteiger partial charge in [0.15, 0.2) is 0 Å². The molecule has 1 aromatic carbocycles. The second-order valence-corrected chi connectivity index (χ2v) is 5.15. The normalized spacial score (nSPS) is 12.0. The Kier molecular flexibility index (Phi) is 4.31. The summed E-state index contributed by atoms with van der Waals surface area (Å²) in [7, 11) is 3.32. The lowest BCUT2D eigenvalue weighted by molar-refractivity contribution is 0.0601. The van der Waals surface area contributed by atoms with E-state index in [2.05, 4.69) is 24.3 Å². The van der Waals surface area contributed by atoms with Gasteiger partial charge in [0.05, 0.1) is 24.4 Å². The topological polar surface area (TPSA) is 56.1 Å². The van der Waals surface area contributed by atoms with Crippen molar-refractivity contribution >= 4 is 11.7 Å². The van der Waals surface area contributed by atoms with Gasteiger partial charge in [-0.3, -0.25) is 4.68 Å². The average Bonchev–Trinajstić information content (AvgIpc) is 2.71. The molecule has 1 heterocycles. The molecule has 0 fully saturated rings. The number of carbonyl (C=O) groups excluding carboxylic acids is 1. The summed E-state index contributed by atoms with van der Waals surface area (Å²) in [4.78, 5) is 11.6. The van der Waals surface area contributed by atoms with E-state index in [1.807, 2.05) is 30.8 Å². The number of aromatic nitrogens is 2. The number of carbonyl (C=O) groups is 1. The first-order valence-corrected chi connectivity index (χ1v) is 6.89. The Morgan fingerprint density at radius 2 is 2.10 bits per heavy atom. The van der Waals surface area contributed by atoms with Crippen molar-refractivity contribution in [1.82, 2.24) is 9.78 Å². The highest BCUT2D eigenvalue weighted by molar-refractivity contribution is 5.90. The summed E-state index contributed by atoms with van der Waals surface area (Å²) < 4.78 is 6.63. The molecule has 112 valence electrons. The summed E-state index contributed by atoms with van der Waals surface area (Å²) >= 11 is 0. The van der Waals surface area contributed by atoms with Crippen LogP contribution in [0, 0.1) is 13.8 Å². The Hall–Kier alpha value is -2.30. The van der Waals surface area contributed by atoms with Crippen LogP contribution in [-0.4, -0.2) is 22.9 Å². The molecule has 0 saturated carbocycles. The third kappa shape index (κ3) is 3.07. The Balaban J connectivity index is 2.23. The van der Waals surface area contributed by atoms with Crippen molar-refractivity contribution in [1.29, 1.82) is 0 Å². The maximum atomic E-state index is 11.6. The molecule has 0 spiro atoms. The molecule has 0 amide bonds. The van der Waals surface area contributed by atoms with Gasteiger partial charge in [0.25, 0.3) is 0 Å². The van der Waals surface area contributed by atoms with Gasteiger partial charge in [0, 0.05) is 24.0 Å². The molecule has 1 N–H and O–H groups in total. The molecule has 1 aromatic heterocycles. The van der Waals surface area contributed by atoms with Crippen LogP contribution in [0.5, 0.6) is 0 Å². The van der Waals surface area contributed by atoms with E-state index >= 15 is 0 Å². The van der Waals surface area contributed by atoms with E-state index in [4.69, 9.17) is 4.74 Å². The zero-order valence-corrected chi connectivity index (χ0v) is 13.1. The van der Waals surface area contributed by atoms with Crippen molar-refractivity contribution in [2.75, 3.05) is 12.4 Å². The van der Waals surface area contributed by atoms with Gasteiger partial charge >= 0.3 is 5.97 Å². The van der Waals surface area contributed by atoms with Crippen LogP contribution in [0.3, 0.4) is 0 Å². The van der Waals surface area contributed by atoms with Crippen LogP contribution in [0.2, 0.25) is 0 Å². The summed E-state index contributed by atoms with van der Waals surface area (Å²) in [6.45, 7) is 6.14. The minimum absolute atomic E-state index is 0.103. The average molecular weight is 287 g/mol. The van der Waals surface area contributed by atoms with Gasteiger partial charge in [0.1, 0.15) is 0 Å². The molecule has 0 aliphatic heterocycles. The second-order valence-electron chi connectivity index (χ2n) is 5.15. The SMILES string of the molecule is COC(=O)c1cccc(NC(C)c2c(C)nn(C)c2C)c1. The predicted molar refractivity (Wildman–Crippen MR) is 82.5 cm³/mol. The molecule has 2 rings (SSSR count). The van der Waals surface area contributed by atoms with Crippen LogP contribution in [0.1, 0.15) is 40.3 Å². The zero-order valence-electron chi connectivity index (χ0n) is 13.1. The van der Waals surface area contributed by atoms with Crippen LogP contribution < -0.4 is 5.32 Å². The van der Waals surface area contributed by atoms with Gasteiger partial charge in [-0.25, -0.2) is 4.79 Å². The second kappa shape index (κ2) is 5.99. The summed E-state index contributed by atoms with van der Waals surface area (Å²) in [6, 6.07) is 7.41. The van der Waals surface area contributed by atoms with E-state index in [9.17, 15) is 4.79 Å². The lowest BCUT2D eigenvalue weighted by Gasteiger charge is -2.16. The maximum Gasteiger partial charge on any atom is 0.337 e. The van der Waals surface area contributed by atoms with E-state index in [1.54, 1.807) is 12.1 Å². The number of ether oxygens (including phenoxy) is 1. The third-order valence-electron chi connectivity index (χ3n) is 3.66. The molecule has 0 saturated heterocycles. The molecule has 0 radical (unpaired) electrons. The number of methoxy groups -OCH3 is 1. The van der Waals surface area contributed by atoms with Crippen LogP contribution >= 0.6 is 0 Å². The van der Waals surface area contributed by atoms with Crippen LogP contribution in [0.4, 0.5) is 5.69 Å². The molecule has 0 aliphatic rings. The third-order valence-corrected chi connectivity index (χ3v) is 3.66. The first-order valence-electron chi connectivity index (χ1n) is 6.89. The molecule has 2 aromatic rings. The van der Waals surface area contributed by atoms with Gasteiger partial charge < -0.3 is 10.1 Å². The molecule has 1 unspecified atom stereocenters. The number of aryl methyl sites for hydroxylation is 2. The number of rotatable bonds is 4. The number of anilines is 1. The van der Waals surface area contributed by atoms with E-state index in [-0.39, 0.29) is 12.0 Å². The quantitative estimate of drug-likeness (QED) is 0.878. The number of nitrogens with one attached hydrogen (secondary N) is 1. The van der Waals surface area contributed by atoms with Crippen LogP contribution in [0.15, 0.2) is 24.3 Å². The number of hydrogen-bond acceptors (Lipinski definition) is 4.